The molecule has 1 atom stereocenters. The number of nitrogens with one attached hydrogen (secondary N) is 1. The molecule has 0 spiro atoms. The Balaban J connectivity index is 2.33. The zero-order chi connectivity index (χ0) is 20.2. The second kappa shape index (κ2) is 8.41. The van der Waals surface area contributed by atoms with Gasteiger partial charge in [0.2, 0.25) is 21.8 Å². The molecule has 0 unspecified atom stereocenters. The highest BCUT2D eigenvalue weighted by Gasteiger charge is 2.31. The first-order chi connectivity index (χ1) is 12.6. The predicted octanol–water partition coefficient (Wildman–Crippen LogP) is 2.62. The molecule has 7 nitrogen and oxygen atoms in total. The fraction of sp³-hybridized carbons (Fsp3) is 0.222. The first-order valence-corrected chi connectivity index (χ1v) is 10.3. The molecule has 2 amide bonds. The number of nitrogens with zero attached hydrogens (tertiary/aromatic N) is 1. The summed E-state index contributed by atoms with van der Waals surface area (Å²) in [4.78, 5) is 23.9. The summed E-state index contributed by atoms with van der Waals surface area (Å²) in [5.74, 6) is -1.08. The van der Waals surface area contributed by atoms with Crippen LogP contribution in [0.4, 0.5) is 11.4 Å². The van der Waals surface area contributed by atoms with E-state index in [2.05, 4.69) is 5.32 Å². The van der Waals surface area contributed by atoms with E-state index in [4.69, 9.17) is 17.3 Å². The summed E-state index contributed by atoms with van der Waals surface area (Å²) in [6.07, 6.45) is 1.27. The molecule has 0 saturated carbocycles. The van der Waals surface area contributed by atoms with Crippen molar-refractivity contribution in [3.8, 4) is 0 Å². The van der Waals surface area contributed by atoms with Crippen LogP contribution in [0.5, 0.6) is 0 Å². The lowest BCUT2D eigenvalue weighted by Crippen LogP contribution is -2.47. The summed E-state index contributed by atoms with van der Waals surface area (Å²) in [6, 6.07) is 11.3. The second-order valence-electron chi connectivity index (χ2n) is 5.89. The number of amides is 2. The van der Waals surface area contributed by atoms with Gasteiger partial charge in [0.15, 0.2) is 0 Å². The molecule has 0 aromatic heterocycles. The Labute approximate surface area is 163 Å². The fourth-order valence-electron chi connectivity index (χ4n) is 2.62. The highest BCUT2D eigenvalue weighted by atomic mass is 35.5. The lowest BCUT2D eigenvalue weighted by molar-refractivity contribution is -0.117. The number of hydrogen-bond acceptors (Lipinski definition) is 4. The number of sulfonamides is 1. The van der Waals surface area contributed by atoms with Crippen LogP contribution < -0.4 is 15.4 Å². The molecule has 0 bridgehead atoms. The van der Waals surface area contributed by atoms with Gasteiger partial charge >= 0.3 is 0 Å². The van der Waals surface area contributed by atoms with Crippen molar-refractivity contribution in [3.05, 3.63) is 59.1 Å². The summed E-state index contributed by atoms with van der Waals surface area (Å²) in [6.45, 7) is 1.71. The highest BCUT2D eigenvalue weighted by Crippen LogP contribution is 2.26. The van der Waals surface area contributed by atoms with Gasteiger partial charge in [-0.25, -0.2) is 8.42 Å². The number of carbonyl (C=O) groups excluding carboxylic acids is 2. The van der Waals surface area contributed by atoms with Crippen LogP contribution in [0.25, 0.3) is 0 Å². The van der Waals surface area contributed by atoms with E-state index in [1.54, 1.807) is 25.1 Å². The van der Waals surface area contributed by atoms with Crippen molar-refractivity contribution in [1.29, 1.82) is 0 Å². The van der Waals surface area contributed by atoms with E-state index in [0.717, 1.165) is 10.6 Å². The Kier molecular flexibility index (Phi) is 6.45. The van der Waals surface area contributed by atoms with E-state index in [0.29, 0.717) is 22.0 Å². The van der Waals surface area contributed by atoms with E-state index in [9.17, 15) is 18.0 Å². The van der Waals surface area contributed by atoms with Gasteiger partial charge in [-0.3, -0.25) is 13.9 Å². The van der Waals surface area contributed by atoms with Crippen molar-refractivity contribution in [2.24, 2.45) is 5.73 Å². The van der Waals surface area contributed by atoms with Crippen LogP contribution in [0, 0.1) is 0 Å². The third-order valence-corrected chi connectivity index (χ3v) is 5.24. The molecule has 0 fully saturated rings. The number of rotatable bonds is 7. The third kappa shape index (κ3) is 5.21. The molecule has 2 aromatic carbocycles. The monoisotopic (exact) mass is 409 g/mol. The maximum Gasteiger partial charge on any atom is 0.248 e. The molecule has 0 saturated heterocycles. The van der Waals surface area contributed by atoms with Crippen molar-refractivity contribution in [2.75, 3.05) is 15.9 Å². The Morgan fingerprint density at radius 2 is 1.81 bits per heavy atom. The van der Waals surface area contributed by atoms with E-state index < -0.39 is 27.9 Å². The fourth-order valence-corrected chi connectivity index (χ4v) is 4.00. The van der Waals surface area contributed by atoms with Crippen molar-refractivity contribution in [1.82, 2.24) is 0 Å². The van der Waals surface area contributed by atoms with Crippen LogP contribution >= 0.6 is 11.6 Å². The van der Waals surface area contributed by atoms with Crippen LogP contribution in [-0.4, -0.2) is 32.5 Å². The van der Waals surface area contributed by atoms with Crippen molar-refractivity contribution in [3.63, 3.8) is 0 Å². The zero-order valence-electron chi connectivity index (χ0n) is 14.8. The summed E-state index contributed by atoms with van der Waals surface area (Å²) in [7, 11) is -3.75. The normalized spacial score (nSPS) is 12.3. The molecule has 0 heterocycles. The van der Waals surface area contributed by atoms with Gasteiger partial charge in [-0.2, -0.15) is 0 Å². The van der Waals surface area contributed by atoms with Gasteiger partial charge in [0, 0.05) is 16.3 Å². The van der Waals surface area contributed by atoms with E-state index in [1.807, 2.05) is 0 Å². The third-order valence-electron chi connectivity index (χ3n) is 3.83. The standard InChI is InChI=1S/C18H20ClN3O4S/c1-3-16(18(24)21-14-9-7-12(8-10-14)17(20)23)22(27(2,25)26)15-6-4-5-13(19)11-15/h4-11,16H,3H2,1-2H3,(H2,20,23)(H,21,24)/t16-/m1/s1. The predicted molar refractivity (Wildman–Crippen MR) is 106 cm³/mol. The van der Waals surface area contributed by atoms with Gasteiger partial charge in [0.25, 0.3) is 0 Å². The summed E-state index contributed by atoms with van der Waals surface area (Å²) >= 11 is 5.98. The Hall–Kier alpha value is -2.58. The number of hydrogen-bond donors (Lipinski definition) is 2. The highest BCUT2D eigenvalue weighted by molar-refractivity contribution is 7.92. The van der Waals surface area contributed by atoms with Gasteiger partial charge in [0.05, 0.1) is 11.9 Å². The van der Waals surface area contributed by atoms with Crippen LogP contribution in [0.1, 0.15) is 23.7 Å². The second-order valence-corrected chi connectivity index (χ2v) is 8.19. The quantitative estimate of drug-likeness (QED) is 0.732. The molecule has 0 aliphatic carbocycles. The first-order valence-electron chi connectivity index (χ1n) is 8.09. The van der Waals surface area contributed by atoms with Gasteiger partial charge in [0.1, 0.15) is 6.04 Å². The molecule has 9 heteroatoms. The van der Waals surface area contributed by atoms with Crippen molar-refractivity contribution >= 4 is 44.8 Å². The summed E-state index contributed by atoms with van der Waals surface area (Å²) < 4.78 is 25.8. The molecule has 0 aliphatic heterocycles. The van der Waals surface area contributed by atoms with E-state index in [1.165, 1.54) is 30.3 Å². The lowest BCUT2D eigenvalue weighted by Gasteiger charge is -2.30. The van der Waals surface area contributed by atoms with E-state index in [-0.39, 0.29) is 6.42 Å². The molecule has 27 heavy (non-hydrogen) atoms. The summed E-state index contributed by atoms with van der Waals surface area (Å²) in [5.41, 5.74) is 6.21. The number of anilines is 2. The molecule has 2 rings (SSSR count). The number of benzene rings is 2. The smallest absolute Gasteiger partial charge is 0.248 e. The molecule has 0 radical (unpaired) electrons. The van der Waals surface area contributed by atoms with Crippen molar-refractivity contribution < 1.29 is 18.0 Å². The Morgan fingerprint density at radius 3 is 2.30 bits per heavy atom. The topological polar surface area (TPSA) is 110 Å². The average molecular weight is 410 g/mol. The van der Waals surface area contributed by atoms with Crippen LogP contribution in [0.15, 0.2) is 48.5 Å². The minimum absolute atomic E-state index is 0.241. The molecular formula is C18H20ClN3O4S. The molecule has 2 aromatic rings. The maximum atomic E-state index is 12.8. The van der Waals surface area contributed by atoms with E-state index >= 15 is 0 Å². The van der Waals surface area contributed by atoms with Crippen LogP contribution in [-0.2, 0) is 14.8 Å². The number of carbonyl (C=O) groups is 2. The summed E-state index contributed by atoms with van der Waals surface area (Å²) in [5, 5.41) is 3.03. The molecular weight excluding hydrogens is 390 g/mol. The van der Waals surface area contributed by atoms with Crippen LogP contribution in [0.2, 0.25) is 5.02 Å². The number of halogens is 1. The van der Waals surface area contributed by atoms with Gasteiger partial charge in [-0.15, -0.1) is 0 Å². The Bertz CT molecular complexity index is 945. The van der Waals surface area contributed by atoms with Crippen LogP contribution in [0.3, 0.4) is 0 Å². The number of primary amides is 1. The molecule has 144 valence electrons. The van der Waals surface area contributed by atoms with Gasteiger partial charge < -0.3 is 11.1 Å². The Morgan fingerprint density at radius 1 is 1.19 bits per heavy atom. The largest absolute Gasteiger partial charge is 0.366 e. The maximum absolute atomic E-state index is 12.8. The first kappa shape index (κ1) is 20.7. The molecule has 0 aliphatic rings. The minimum atomic E-state index is -3.75. The molecule has 3 N–H and O–H groups in total. The van der Waals surface area contributed by atoms with Crippen molar-refractivity contribution in [2.45, 2.75) is 19.4 Å². The number of nitrogens with two attached hydrogens (primary N) is 1. The zero-order valence-corrected chi connectivity index (χ0v) is 16.4. The van der Waals surface area contributed by atoms with Gasteiger partial charge in [-0.1, -0.05) is 24.6 Å². The lowest BCUT2D eigenvalue weighted by atomic mass is 10.1. The SMILES string of the molecule is CC[C@H](C(=O)Nc1ccc(C(N)=O)cc1)N(c1cccc(Cl)c1)S(C)(=O)=O. The average Bonchev–Trinajstić information content (AvgIpc) is 2.58. The minimum Gasteiger partial charge on any atom is -0.366 e. The van der Waals surface area contributed by atoms with Gasteiger partial charge in [-0.05, 0) is 48.9 Å².